The van der Waals surface area contributed by atoms with E-state index in [1.54, 1.807) is 6.20 Å². The first-order chi connectivity index (χ1) is 6.48. The van der Waals surface area contributed by atoms with Crippen LogP contribution in [-0.4, -0.2) is 5.16 Å². The van der Waals surface area contributed by atoms with E-state index in [0.29, 0.717) is 10.6 Å². The van der Waals surface area contributed by atoms with Crippen LogP contribution in [0, 0.1) is 0 Å². The van der Waals surface area contributed by atoms with Gasteiger partial charge in [-0.1, -0.05) is 37.5 Å². The highest BCUT2D eigenvalue weighted by Crippen LogP contribution is 2.31. The van der Waals surface area contributed by atoms with Crippen molar-refractivity contribution in [1.29, 1.82) is 0 Å². The Bertz CT molecular complexity index is 468. The Morgan fingerprint density at radius 1 is 1.29 bits per heavy atom. The van der Waals surface area contributed by atoms with Crippen molar-refractivity contribution >= 4 is 22.6 Å². The van der Waals surface area contributed by atoms with E-state index >= 15 is 0 Å². The lowest BCUT2D eigenvalue weighted by atomic mass is 9.86. The summed E-state index contributed by atoms with van der Waals surface area (Å²) >= 11 is 6.08. The van der Waals surface area contributed by atoms with Crippen molar-refractivity contribution in [2.75, 3.05) is 0 Å². The number of nitrogens with zero attached hydrogens (tertiary/aromatic N) is 1. The van der Waals surface area contributed by atoms with E-state index in [2.05, 4.69) is 32.0 Å². The molecule has 74 valence electrons. The molecule has 0 amide bonds. The molecule has 3 heteroatoms. The van der Waals surface area contributed by atoms with E-state index in [4.69, 9.17) is 16.1 Å². The summed E-state index contributed by atoms with van der Waals surface area (Å²) in [6, 6.07) is 4.01. The van der Waals surface area contributed by atoms with Crippen LogP contribution >= 0.6 is 11.6 Å². The van der Waals surface area contributed by atoms with Gasteiger partial charge in [0.05, 0.1) is 11.2 Å². The zero-order chi connectivity index (χ0) is 10.3. The topological polar surface area (TPSA) is 26.0 Å². The van der Waals surface area contributed by atoms with Gasteiger partial charge in [-0.25, -0.2) is 0 Å². The Labute approximate surface area is 87.8 Å². The number of halogens is 1. The van der Waals surface area contributed by atoms with Gasteiger partial charge in [-0.15, -0.1) is 0 Å². The van der Waals surface area contributed by atoms with E-state index in [9.17, 15) is 0 Å². The van der Waals surface area contributed by atoms with Gasteiger partial charge in [0.1, 0.15) is 0 Å². The lowest BCUT2D eigenvalue weighted by molar-refractivity contribution is 0.456. The lowest BCUT2D eigenvalue weighted by Crippen LogP contribution is -2.10. The maximum atomic E-state index is 6.08. The molecule has 1 aromatic heterocycles. The third kappa shape index (κ3) is 1.50. The van der Waals surface area contributed by atoms with Crippen LogP contribution in [0.25, 0.3) is 11.0 Å². The predicted molar refractivity (Wildman–Crippen MR) is 57.7 cm³/mol. The molecule has 0 radical (unpaired) electrons. The van der Waals surface area contributed by atoms with E-state index in [0.717, 1.165) is 5.39 Å². The fourth-order valence-electron chi connectivity index (χ4n) is 1.38. The van der Waals surface area contributed by atoms with Crippen LogP contribution in [0.1, 0.15) is 26.3 Å². The van der Waals surface area contributed by atoms with Gasteiger partial charge in [-0.05, 0) is 23.1 Å². The van der Waals surface area contributed by atoms with E-state index < -0.39 is 0 Å². The first-order valence-corrected chi connectivity index (χ1v) is 4.91. The number of hydrogen-bond acceptors (Lipinski definition) is 2. The van der Waals surface area contributed by atoms with Crippen molar-refractivity contribution in [1.82, 2.24) is 5.16 Å². The molecule has 2 rings (SSSR count). The summed E-state index contributed by atoms with van der Waals surface area (Å²) in [7, 11) is 0. The third-order valence-corrected chi connectivity index (χ3v) is 2.55. The summed E-state index contributed by atoms with van der Waals surface area (Å²) in [6.07, 6.45) is 1.69. The van der Waals surface area contributed by atoms with Crippen LogP contribution in [0.5, 0.6) is 0 Å². The molecular formula is C11H12ClNO. The smallest absolute Gasteiger partial charge is 0.185 e. The molecule has 0 atom stereocenters. The molecule has 0 saturated carbocycles. The highest BCUT2D eigenvalue weighted by molar-refractivity contribution is 6.34. The van der Waals surface area contributed by atoms with Crippen LogP contribution in [0.2, 0.25) is 5.02 Å². The average molecular weight is 210 g/mol. The van der Waals surface area contributed by atoms with E-state index in [1.807, 2.05) is 6.07 Å². The Kier molecular flexibility index (Phi) is 2.04. The zero-order valence-corrected chi connectivity index (χ0v) is 9.22. The lowest BCUT2D eigenvalue weighted by Gasteiger charge is -2.18. The van der Waals surface area contributed by atoms with Gasteiger partial charge >= 0.3 is 0 Å². The van der Waals surface area contributed by atoms with Gasteiger partial charge in [-0.3, -0.25) is 0 Å². The van der Waals surface area contributed by atoms with Crippen molar-refractivity contribution in [2.45, 2.75) is 26.2 Å². The average Bonchev–Trinajstić information content (AvgIpc) is 2.50. The molecule has 14 heavy (non-hydrogen) atoms. The van der Waals surface area contributed by atoms with E-state index in [-0.39, 0.29) is 5.41 Å². The molecule has 1 aromatic carbocycles. The summed E-state index contributed by atoms with van der Waals surface area (Å²) in [5.74, 6) is 0. The molecule has 0 fully saturated rings. The van der Waals surface area contributed by atoms with Crippen molar-refractivity contribution in [3.8, 4) is 0 Å². The Morgan fingerprint density at radius 2 is 2.00 bits per heavy atom. The molecule has 2 aromatic rings. The van der Waals surface area contributed by atoms with Gasteiger partial charge in [0.2, 0.25) is 0 Å². The van der Waals surface area contributed by atoms with Crippen LogP contribution in [-0.2, 0) is 5.41 Å². The normalized spacial score (nSPS) is 12.3. The summed E-state index contributed by atoms with van der Waals surface area (Å²) in [6.45, 7) is 6.45. The van der Waals surface area contributed by atoms with Crippen LogP contribution in [0.4, 0.5) is 0 Å². The maximum absolute atomic E-state index is 6.08. The fourth-order valence-corrected chi connectivity index (χ4v) is 1.64. The Hall–Kier alpha value is -1.02. The molecule has 0 unspecified atom stereocenters. The van der Waals surface area contributed by atoms with Crippen molar-refractivity contribution in [3.63, 3.8) is 0 Å². The number of benzene rings is 1. The Morgan fingerprint density at radius 3 is 2.64 bits per heavy atom. The number of hydrogen-bond donors (Lipinski definition) is 0. The standard InChI is InChI=1S/C11H12ClNO/c1-11(2,3)8-4-7-6-13-14-10(7)9(12)5-8/h4-6H,1-3H3. The first kappa shape index (κ1) is 9.53. The monoisotopic (exact) mass is 209 g/mol. The summed E-state index contributed by atoms with van der Waals surface area (Å²) in [4.78, 5) is 0. The molecule has 0 saturated heterocycles. The number of aromatic nitrogens is 1. The quantitative estimate of drug-likeness (QED) is 0.660. The molecule has 0 bridgehead atoms. The molecule has 2 nitrogen and oxygen atoms in total. The minimum absolute atomic E-state index is 0.0924. The fraction of sp³-hybridized carbons (Fsp3) is 0.364. The minimum Gasteiger partial charge on any atom is -0.355 e. The third-order valence-electron chi connectivity index (χ3n) is 2.27. The Balaban J connectivity index is 2.70. The van der Waals surface area contributed by atoms with Crippen molar-refractivity contribution < 1.29 is 4.52 Å². The van der Waals surface area contributed by atoms with Gasteiger partial charge < -0.3 is 4.52 Å². The summed E-state index contributed by atoms with van der Waals surface area (Å²) < 4.78 is 5.03. The van der Waals surface area contributed by atoms with E-state index in [1.165, 1.54) is 5.56 Å². The summed E-state index contributed by atoms with van der Waals surface area (Å²) in [5, 5.41) is 5.32. The molecule has 0 N–H and O–H groups in total. The first-order valence-electron chi connectivity index (χ1n) is 4.53. The van der Waals surface area contributed by atoms with Gasteiger partial charge in [0, 0.05) is 5.39 Å². The predicted octanol–water partition coefficient (Wildman–Crippen LogP) is 3.78. The SMILES string of the molecule is CC(C)(C)c1cc(Cl)c2oncc2c1. The minimum atomic E-state index is 0.0924. The summed E-state index contributed by atoms with van der Waals surface area (Å²) in [5.41, 5.74) is 1.95. The molecule has 0 aliphatic heterocycles. The zero-order valence-electron chi connectivity index (χ0n) is 8.47. The van der Waals surface area contributed by atoms with Crippen molar-refractivity contribution in [2.24, 2.45) is 0 Å². The molecular weight excluding hydrogens is 198 g/mol. The molecule has 0 spiro atoms. The largest absolute Gasteiger partial charge is 0.355 e. The second-order valence-corrected chi connectivity index (χ2v) is 4.86. The highest BCUT2D eigenvalue weighted by Gasteiger charge is 2.16. The van der Waals surface area contributed by atoms with Crippen LogP contribution < -0.4 is 0 Å². The van der Waals surface area contributed by atoms with Crippen LogP contribution in [0.3, 0.4) is 0 Å². The van der Waals surface area contributed by atoms with Crippen molar-refractivity contribution in [3.05, 3.63) is 28.9 Å². The number of fused-ring (bicyclic) bond motifs is 1. The maximum Gasteiger partial charge on any atom is 0.185 e. The highest BCUT2D eigenvalue weighted by atomic mass is 35.5. The number of rotatable bonds is 0. The van der Waals surface area contributed by atoms with Gasteiger partial charge in [-0.2, -0.15) is 0 Å². The molecule has 0 aliphatic rings. The van der Waals surface area contributed by atoms with Crippen LogP contribution in [0.15, 0.2) is 22.9 Å². The second-order valence-electron chi connectivity index (χ2n) is 4.45. The van der Waals surface area contributed by atoms with Gasteiger partial charge in [0.25, 0.3) is 0 Å². The van der Waals surface area contributed by atoms with Gasteiger partial charge in [0.15, 0.2) is 5.58 Å². The molecule has 0 aliphatic carbocycles. The molecule has 1 heterocycles. The second kappa shape index (κ2) is 2.99.